The Morgan fingerprint density at radius 3 is 2.02 bits per heavy atom. The molecule has 2 aliphatic heterocycles. The van der Waals surface area contributed by atoms with Crippen LogP contribution in [0.1, 0.15) is 21.9 Å². The Labute approximate surface area is 248 Å². The smallest absolute Gasteiger partial charge is 0.285 e. The van der Waals surface area contributed by atoms with Crippen LogP contribution in [0.15, 0.2) is 159 Å². The fourth-order valence-electron chi connectivity index (χ4n) is 5.53. The molecule has 0 bridgehead atoms. The lowest BCUT2D eigenvalue weighted by atomic mass is 9.75. The van der Waals surface area contributed by atoms with Crippen molar-refractivity contribution in [3.63, 3.8) is 0 Å². The number of anilines is 1. The number of benzene rings is 4. The molecule has 3 heterocycles. The number of thiophene rings is 1. The summed E-state index contributed by atoms with van der Waals surface area (Å²) < 4.78 is 38.6. The Balaban J connectivity index is 1.55. The van der Waals surface area contributed by atoms with Gasteiger partial charge in [-0.1, -0.05) is 103 Å². The van der Waals surface area contributed by atoms with E-state index in [1.807, 2.05) is 120 Å². The van der Waals surface area contributed by atoms with Gasteiger partial charge in [-0.2, -0.15) is 13.5 Å². The van der Waals surface area contributed by atoms with Gasteiger partial charge in [-0.25, -0.2) is 5.01 Å². The van der Waals surface area contributed by atoms with Gasteiger partial charge in [-0.3, -0.25) is 0 Å². The molecule has 8 heteroatoms. The lowest BCUT2D eigenvalue weighted by Crippen LogP contribution is -2.51. The van der Waals surface area contributed by atoms with Crippen molar-refractivity contribution in [2.75, 3.05) is 5.01 Å². The maximum Gasteiger partial charge on any atom is 0.285 e. The van der Waals surface area contributed by atoms with Gasteiger partial charge < -0.3 is 4.74 Å². The van der Waals surface area contributed by atoms with Crippen LogP contribution in [0.3, 0.4) is 0 Å². The van der Waals surface area contributed by atoms with Gasteiger partial charge in [-0.05, 0) is 52.9 Å². The van der Waals surface area contributed by atoms with Gasteiger partial charge in [0.05, 0.1) is 27.1 Å². The summed E-state index contributed by atoms with van der Waals surface area (Å²) in [5.74, 6) is 0.129. The van der Waals surface area contributed by atoms with Crippen molar-refractivity contribution in [1.29, 1.82) is 0 Å². The molecule has 1 spiro atoms. The van der Waals surface area contributed by atoms with Gasteiger partial charge in [0.15, 0.2) is 5.54 Å². The van der Waals surface area contributed by atoms with Crippen LogP contribution < -0.4 is 5.01 Å². The maximum absolute atomic E-state index is 13.8. The first kappa shape index (κ1) is 26.1. The third-order valence-corrected chi connectivity index (χ3v) is 9.54. The molecule has 7 rings (SSSR count). The number of hydrogen-bond acceptors (Lipinski definition) is 6. The first-order chi connectivity index (χ1) is 20.6. The van der Waals surface area contributed by atoms with Crippen LogP contribution >= 0.6 is 11.3 Å². The molecule has 0 fully saturated rings. The number of hydrazone groups is 1. The van der Waals surface area contributed by atoms with E-state index < -0.39 is 21.5 Å². The zero-order chi connectivity index (χ0) is 28.6. The van der Waals surface area contributed by atoms with E-state index in [4.69, 9.17) is 9.84 Å². The van der Waals surface area contributed by atoms with Gasteiger partial charge >= 0.3 is 0 Å². The number of para-hydroxylation sites is 1. The summed E-state index contributed by atoms with van der Waals surface area (Å²) in [7, 11) is -4.14. The predicted molar refractivity (Wildman–Crippen MR) is 168 cm³/mol. The van der Waals surface area contributed by atoms with E-state index in [-0.39, 0.29) is 10.8 Å². The molecule has 0 N–H and O–H groups in total. The Hall–Kier alpha value is -4.79. The van der Waals surface area contributed by atoms with Crippen LogP contribution in [0.25, 0.3) is 5.76 Å². The normalized spacial score (nSPS) is 20.9. The van der Waals surface area contributed by atoms with E-state index in [1.165, 1.54) is 11.3 Å². The highest BCUT2D eigenvalue weighted by Gasteiger charge is 2.60. The second-order valence-electron chi connectivity index (χ2n) is 9.94. The summed E-state index contributed by atoms with van der Waals surface area (Å²) in [6, 6.07) is 41.8. The summed E-state index contributed by atoms with van der Waals surface area (Å²) >= 11 is 1.52. The molecule has 4 aromatic carbocycles. The Bertz CT molecular complexity index is 1910. The molecular weight excluding hydrogens is 563 g/mol. The summed E-state index contributed by atoms with van der Waals surface area (Å²) in [5, 5.41) is 9.08. The maximum atomic E-state index is 13.8. The lowest BCUT2D eigenvalue weighted by molar-refractivity contribution is 0.475. The number of rotatable bonds is 6. The summed E-state index contributed by atoms with van der Waals surface area (Å²) in [6.07, 6.45) is 1.99. The van der Waals surface area contributed by atoms with Crippen molar-refractivity contribution in [1.82, 2.24) is 0 Å². The molecule has 0 saturated carbocycles. The van der Waals surface area contributed by atoms with Crippen LogP contribution in [0, 0.1) is 0 Å². The molecule has 2 aliphatic rings. The van der Waals surface area contributed by atoms with Crippen LogP contribution in [-0.4, -0.2) is 25.6 Å². The van der Waals surface area contributed by atoms with Gasteiger partial charge in [0, 0.05) is 0 Å². The predicted octanol–water partition coefficient (Wildman–Crippen LogP) is 7.35. The fourth-order valence-corrected chi connectivity index (χ4v) is 7.22. The minimum Gasteiger partial charge on any atom is -0.438 e. The molecule has 0 saturated heterocycles. The third-order valence-electron chi connectivity index (χ3n) is 7.38. The molecule has 5 aromatic rings. The largest absolute Gasteiger partial charge is 0.438 e. The summed E-state index contributed by atoms with van der Waals surface area (Å²) in [5.41, 5.74) is 2.21. The van der Waals surface area contributed by atoms with E-state index >= 15 is 0 Å². The number of sulfonamides is 1. The zero-order valence-corrected chi connectivity index (χ0v) is 23.9. The average Bonchev–Trinajstić information content (AvgIpc) is 3.78. The molecule has 206 valence electrons. The zero-order valence-electron chi connectivity index (χ0n) is 22.3. The van der Waals surface area contributed by atoms with Crippen molar-refractivity contribution in [2.45, 2.75) is 16.4 Å². The topological polar surface area (TPSA) is 71.3 Å². The highest BCUT2D eigenvalue weighted by molar-refractivity contribution is 7.90. The molecular formula is C34H25N3O3S2. The van der Waals surface area contributed by atoms with Gasteiger partial charge in [-0.15, -0.1) is 15.7 Å². The molecule has 0 radical (unpaired) electrons. The Morgan fingerprint density at radius 1 is 0.762 bits per heavy atom. The number of ether oxygens (including phenoxy) is 1. The van der Waals surface area contributed by atoms with E-state index in [0.29, 0.717) is 5.76 Å². The van der Waals surface area contributed by atoms with E-state index in [2.05, 4.69) is 4.40 Å². The van der Waals surface area contributed by atoms with Crippen LogP contribution in [-0.2, 0) is 14.8 Å². The summed E-state index contributed by atoms with van der Waals surface area (Å²) in [4.78, 5) is 0.954. The first-order valence-corrected chi connectivity index (χ1v) is 15.8. The molecule has 42 heavy (non-hydrogen) atoms. The lowest BCUT2D eigenvalue weighted by Gasteiger charge is -2.36. The second-order valence-corrected chi connectivity index (χ2v) is 12.5. The molecule has 0 amide bonds. The Morgan fingerprint density at radius 2 is 1.38 bits per heavy atom. The van der Waals surface area contributed by atoms with Crippen molar-refractivity contribution in [2.24, 2.45) is 9.50 Å². The third kappa shape index (κ3) is 4.45. The van der Waals surface area contributed by atoms with Crippen molar-refractivity contribution >= 4 is 44.4 Å². The SMILES string of the molecule is O=S(=O)(N=C1OC(c2cccs2)=CC12C(c1ccccc1)C(c1ccccc1)=NN2c1ccccc1)c1ccccc1. The van der Waals surface area contributed by atoms with Crippen molar-refractivity contribution < 1.29 is 13.2 Å². The standard InChI is InChI=1S/C34H25N3O3S2/c38-42(39,28-20-11-4-12-21-28)36-33-34(24-29(40-33)30-22-13-23-41-30)31(25-14-5-1-6-15-25)32(26-16-7-2-8-17-26)35-37(34)27-18-9-3-10-19-27/h1-24,31H. The highest BCUT2D eigenvalue weighted by atomic mass is 32.2. The molecule has 2 unspecified atom stereocenters. The number of hydrogen-bond donors (Lipinski definition) is 0. The van der Waals surface area contributed by atoms with Gasteiger partial charge in [0.1, 0.15) is 5.76 Å². The minimum atomic E-state index is -4.14. The first-order valence-electron chi connectivity index (χ1n) is 13.5. The highest BCUT2D eigenvalue weighted by Crippen LogP contribution is 2.51. The van der Waals surface area contributed by atoms with Gasteiger partial charge in [0.2, 0.25) is 5.90 Å². The minimum absolute atomic E-state index is 0.0436. The molecule has 2 atom stereocenters. The van der Waals surface area contributed by atoms with Gasteiger partial charge in [0.25, 0.3) is 10.0 Å². The molecule has 1 aromatic heterocycles. The monoisotopic (exact) mass is 587 g/mol. The van der Waals surface area contributed by atoms with Crippen molar-refractivity contribution in [3.05, 3.63) is 161 Å². The van der Waals surface area contributed by atoms with Crippen LogP contribution in [0.5, 0.6) is 0 Å². The second kappa shape index (κ2) is 10.6. The summed E-state index contributed by atoms with van der Waals surface area (Å²) in [6.45, 7) is 0. The molecule has 0 aliphatic carbocycles. The van der Waals surface area contributed by atoms with Crippen molar-refractivity contribution in [3.8, 4) is 0 Å². The van der Waals surface area contributed by atoms with E-state index in [9.17, 15) is 8.42 Å². The molecule has 6 nitrogen and oxygen atoms in total. The van der Waals surface area contributed by atoms with Crippen LogP contribution in [0.4, 0.5) is 5.69 Å². The number of nitrogens with zero attached hydrogens (tertiary/aromatic N) is 3. The van der Waals surface area contributed by atoms with Crippen LogP contribution in [0.2, 0.25) is 0 Å². The average molecular weight is 588 g/mol. The quantitative estimate of drug-likeness (QED) is 0.208. The van der Waals surface area contributed by atoms with E-state index in [0.717, 1.165) is 27.4 Å². The fraction of sp³-hybridized carbons (Fsp3) is 0.0588. The van der Waals surface area contributed by atoms with E-state index in [1.54, 1.807) is 30.3 Å². The Kier molecular flexibility index (Phi) is 6.57.